The van der Waals surface area contributed by atoms with Crippen LogP contribution in [0.5, 0.6) is 0 Å². The van der Waals surface area contributed by atoms with Crippen molar-refractivity contribution in [3.8, 4) is 11.5 Å². The van der Waals surface area contributed by atoms with Crippen LogP contribution >= 0.6 is 11.6 Å². The van der Waals surface area contributed by atoms with E-state index in [4.69, 9.17) is 11.6 Å². The predicted octanol–water partition coefficient (Wildman–Crippen LogP) is 3.20. The Balaban J connectivity index is 1.82. The molecule has 0 saturated heterocycles. The van der Waals surface area contributed by atoms with Gasteiger partial charge in [-0.1, -0.05) is 23.7 Å². The zero-order chi connectivity index (χ0) is 14.5. The van der Waals surface area contributed by atoms with Crippen molar-refractivity contribution in [1.29, 1.82) is 0 Å². The highest BCUT2D eigenvalue weighted by atomic mass is 35.5. The molecule has 0 aliphatic heterocycles. The number of rotatable bonds is 4. The van der Waals surface area contributed by atoms with Gasteiger partial charge < -0.3 is 5.32 Å². The molecule has 0 aromatic carbocycles. The van der Waals surface area contributed by atoms with Gasteiger partial charge in [-0.05, 0) is 23.8 Å². The molecule has 0 aliphatic rings. The Morgan fingerprint density at radius 3 is 2.76 bits per heavy atom. The summed E-state index contributed by atoms with van der Waals surface area (Å²) in [6.07, 6.45) is 5.24. The van der Waals surface area contributed by atoms with Crippen molar-refractivity contribution < 1.29 is 0 Å². The van der Waals surface area contributed by atoms with E-state index in [1.807, 2.05) is 30.3 Å². The molecule has 0 amide bonds. The second kappa shape index (κ2) is 6.28. The SMILES string of the molecule is Clc1cc(NCc2cccnc2)nc(-c2ccccn2)n1. The van der Waals surface area contributed by atoms with Gasteiger partial charge in [-0.2, -0.15) is 0 Å². The summed E-state index contributed by atoms with van der Waals surface area (Å²) in [5, 5.41) is 3.58. The average Bonchev–Trinajstić information content (AvgIpc) is 2.54. The van der Waals surface area contributed by atoms with Crippen molar-refractivity contribution in [3.63, 3.8) is 0 Å². The number of anilines is 1. The normalized spacial score (nSPS) is 10.3. The van der Waals surface area contributed by atoms with E-state index < -0.39 is 0 Å². The molecule has 3 heterocycles. The Hall–Kier alpha value is -2.53. The number of halogens is 1. The summed E-state index contributed by atoms with van der Waals surface area (Å²) in [5.74, 6) is 1.15. The molecule has 0 bridgehead atoms. The monoisotopic (exact) mass is 297 g/mol. The molecule has 0 saturated carbocycles. The van der Waals surface area contributed by atoms with Crippen molar-refractivity contribution in [2.75, 3.05) is 5.32 Å². The number of nitrogens with one attached hydrogen (secondary N) is 1. The Kier molecular flexibility index (Phi) is 4.02. The van der Waals surface area contributed by atoms with Gasteiger partial charge in [0.25, 0.3) is 0 Å². The Morgan fingerprint density at radius 2 is 2.00 bits per heavy atom. The van der Waals surface area contributed by atoms with Crippen LogP contribution in [0.4, 0.5) is 5.82 Å². The van der Waals surface area contributed by atoms with Gasteiger partial charge in [-0.3, -0.25) is 9.97 Å². The molecular formula is C15H12ClN5. The van der Waals surface area contributed by atoms with E-state index in [-0.39, 0.29) is 0 Å². The molecule has 0 spiro atoms. The first-order valence-electron chi connectivity index (χ1n) is 6.40. The highest BCUT2D eigenvalue weighted by Crippen LogP contribution is 2.18. The molecule has 0 fully saturated rings. The Labute approximate surface area is 127 Å². The van der Waals surface area contributed by atoms with Gasteiger partial charge in [0.05, 0.1) is 0 Å². The maximum absolute atomic E-state index is 6.05. The number of aromatic nitrogens is 4. The number of pyridine rings is 2. The van der Waals surface area contributed by atoms with Crippen LogP contribution in [0.15, 0.2) is 55.0 Å². The zero-order valence-electron chi connectivity index (χ0n) is 11.1. The number of nitrogens with zero attached hydrogens (tertiary/aromatic N) is 4. The first-order valence-corrected chi connectivity index (χ1v) is 6.78. The third-order valence-corrected chi connectivity index (χ3v) is 2.98. The molecule has 0 unspecified atom stereocenters. The second-order valence-corrected chi connectivity index (χ2v) is 4.72. The maximum atomic E-state index is 6.05. The summed E-state index contributed by atoms with van der Waals surface area (Å²) in [5.41, 5.74) is 1.75. The van der Waals surface area contributed by atoms with E-state index >= 15 is 0 Å². The Bertz CT molecular complexity index is 719. The highest BCUT2D eigenvalue weighted by molar-refractivity contribution is 6.29. The van der Waals surface area contributed by atoms with Crippen LogP contribution in [0.3, 0.4) is 0 Å². The summed E-state index contributed by atoms with van der Waals surface area (Å²) in [4.78, 5) is 16.9. The minimum Gasteiger partial charge on any atom is -0.366 e. The van der Waals surface area contributed by atoms with Crippen LogP contribution in [0.25, 0.3) is 11.5 Å². The summed E-state index contributed by atoms with van der Waals surface area (Å²) in [6.45, 7) is 0.614. The van der Waals surface area contributed by atoms with E-state index in [0.717, 1.165) is 5.56 Å². The largest absolute Gasteiger partial charge is 0.366 e. The topological polar surface area (TPSA) is 63.6 Å². The van der Waals surface area contributed by atoms with Crippen molar-refractivity contribution in [1.82, 2.24) is 19.9 Å². The molecule has 0 atom stereocenters. The standard InChI is InChI=1S/C15H12ClN5/c16-13-8-14(19-10-11-4-3-6-17-9-11)21-15(20-13)12-5-1-2-7-18-12/h1-9H,10H2,(H,19,20,21). The first-order chi connectivity index (χ1) is 10.3. The minimum absolute atomic E-state index is 0.374. The fourth-order valence-corrected chi connectivity index (χ4v) is 2.00. The van der Waals surface area contributed by atoms with Gasteiger partial charge in [0, 0.05) is 31.2 Å². The molecule has 5 nitrogen and oxygen atoms in total. The van der Waals surface area contributed by atoms with Gasteiger partial charge in [-0.25, -0.2) is 9.97 Å². The molecule has 104 valence electrons. The molecule has 1 N–H and O–H groups in total. The van der Waals surface area contributed by atoms with Crippen molar-refractivity contribution in [2.45, 2.75) is 6.54 Å². The van der Waals surface area contributed by atoms with Gasteiger partial charge >= 0.3 is 0 Å². The lowest BCUT2D eigenvalue weighted by Crippen LogP contribution is -2.03. The fourth-order valence-electron chi connectivity index (χ4n) is 1.81. The van der Waals surface area contributed by atoms with Crippen molar-refractivity contribution in [3.05, 3.63) is 65.7 Å². The lowest BCUT2D eigenvalue weighted by atomic mass is 10.3. The van der Waals surface area contributed by atoms with E-state index in [9.17, 15) is 0 Å². The van der Waals surface area contributed by atoms with Crippen LogP contribution in [0.2, 0.25) is 5.15 Å². The van der Waals surface area contributed by atoms with Crippen molar-refractivity contribution in [2.24, 2.45) is 0 Å². The third-order valence-electron chi connectivity index (χ3n) is 2.79. The molecule has 21 heavy (non-hydrogen) atoms. The molecule has 0 radical (unpaired) electrons. The van der Waals surface area contributed by atoms with Gasteiger partial charge in [0.2, 0.25) is 0 Å². The maximum Gasteiger partial charge on any atom is 0.181 e. The van der Waals surface area contributed by atoms with Crippen LogP contribution in [0.1, 0.15) is 5.56 Å². The van der Waals surface area contributed by atoms with Crippen LogP contribution in [0, 0.1) is 0 Å². The lowest BCUT2D eigenvalue weighted by Gasteiger charge is -2.07. The molecule has 6 heteroatoms. The lowest BCUT2D eigenvalue weighted by molar-refractivity contribution is 1.06. The predicted molar refractivity (Wildman–Crippen MR) is 81.8 cm³/mol. The van der Waals surface area contributed by atoms with Crippen molar-refractivity contribution >= 4 is 17.4 Å². The van der Waals surface area contributed by atoms with Gasteiger partial charge in [-0.15, -0.1) is 0 Å². The highest BCUT2D eigenvalue weighted by Gasteiger charge is 2.06. The Morgan fingerprint density at radius 1 is 1.05 bits per heavy atom. The minimum atomic E-state index is 0.374. The van der Waals surface area contributed by atoms with E-state index in [0.29, 0.717) is 29.0 Å². The average molecular weight is 298 g/mol. The molecule has 0 aliphatic carbocycles. The second-order valence-electron chi connectivity index (χ2n) is 4.33. The van der Waals surface area contributed by atoms with Crippen LogP contribution in [-0.4, -0.2) is 19.9 Å². The first kappa shape index (κ1) is 13.5. The summed E-state index contributed by atoms with van der Waals surface area (Å²) in [6, 6.07) is 11.1. The number of hydrogen-bond acceptors (Lipinski definition) is 5. The zero-order valence-corrected chi connectivity index (χ0v) is 11.8. The van der Waals surface area contributed by atoms with Crippen LogP contribution < -0.4 is 5.32 Å². The third kappa shape index (κ3) is 3.52. The summed E-state index contributed by atoms with van der Waals surface area (Å²) >= 11 is 6.05. The summed E-state index contributed by atoms with van der Waals surface area (Å²) in [7, 11) is 0. The van der Waals surface area contributed by atoms with E-state index in [1.165, 1.54) is 0 Å². The van der Waals surface area contributed by atoms with Gasteiger partial charge in [0.1, 0.15) is 16.7 Å². The van der Waals surface area contributed by atoms with Crippen LogP contribution in [-0.2, 0) is 6.54 Å². The molecule has 3 rings (SSSR count). The molecular weight excluding hydrogens is 286 g/mol. The fraction of sp³-hybridized carbons (Fsp3) is 0.0667. The van der Waals surface area contributed by atoms with E-state index in [1.54, 1.807) is 24.7 Å². The summed E-state index contributed by atoms with van der Waals surface area (Å²) < 4.78 is 0. The number of hydrogen-bond donors (Lipinski definition) is 1. The molecule has 3 aromatic heterocycles. The van der Waals surface area contributed by atoms with E-state index in [2.05, 4.69) is 25.3 Å². The smallest absolute Gasteiger partial charge is 0.181 e. The quantitative estimate of drug-likeness (QED) is 0.749. The molecule has 3 aromatic rings. The van der Waals surface area contributed by atoms with Gasteiger partial charge in [0.15, 0.2) is 5.82 Å².